The van der Waals surface area contributed by atoms with Crippen molar-refractivity contribution in [3.05, 3.63) is 12.7 Å². The minimum absolute atomic E-state index is 0.0942. The SMILES string of the molecule is C=CC(=O)OC1C[C@@H]2CCC1(C)C2(C)C. The summed E-state index contributed by atoms with van der Waals surface area (Å²) < 4.78 is 5.48. The lowest BCUT2D eigenvalue weighted by molar-refractivity contribution is -0.150. The Morgan fingerprint density at radius 3 is 2.53 bits per heavy atom. The van der Waals surface area contributed by atoms with E-state index in [1.165, 1.54) is 18.9 Å². The fourth-order valence-electron chi connectivity index (χ4n) is 3.50. The van der Waals surface area contributed by atoms with E-state index in [2.05, 4.69) is 27.4 Å². The Morgan fingerprint density at radius 1 is 1.47 bits per heavy atom. The van der Waals surface area contributed by atoms with Gasteiger partial charge in [-0.15, -0.1) is 0 Å². The number of fused-ring (bicyclic) bond motifs is 2. The van der Waals surface area contributed by atoms with Crippen LogP contribution in [0.25, 0.3) is 0 Å². The summed E-state index contributed by atoms with van der Waals surface area (Å²) in [6, 6.07) is 0. The van der Waals surface area contributed by atoms with Crippen molar-refractivity contribution in [2.45, 2.75) is 46.1 Å². The summed E-state index contributed by atoms with van der Waals surface area (Å²) in [5, 5.41) is 0. The first kappa shape index (κ1) is 10.7. The Labute approximate surface area is 91.7 Å². The summed E-state index contributed by atoms with van der Waals surface area (Å²) in [6.45, 7) is 10.3. The molecule has 2 rings (SSSR count). The van der Waals surface area contributed by atoms with Gasteiger partial charge in [-0.2, -0.15) is 0 Å². The van der Waals surface area contributed by atoms with Crippen LogP contribution in [0.15, 0.2) is 12.7 Å². The van der Waals surface area contributed by atoms with E-state index < -0.39 is 0 Å². The Morgan fingerprint density at radius 2 is 2.13 bits per heavy atom. The molecule has 84 valence electrons. The van der Waals surface area contributed by atoms with E-state index in [0.29, 0.717) is 11.3 Å². The van der Waals surface area contributed by atoms with Crippen LogP contribution in [0.1, 0.15) is 40.0 Å². The van der Waals surface area contributed by atoms with E-state index in [1.54, 1.807) is 0 Å². The molecule has 0 aromatic carbocycles. The summed E-state index contributed by atoms with van der Waals surface area (Å²) in [5.74, 6) is 0.440. The molecule has 2 fully saturated rings. The second kappa shape index (κ2) is 3.10. The van der Waals surface area contributed by atoms with E-state index in [9.17, 15) is 4.79 Å². The lowest BCUT2D eigenvalue weighted by Gasteiger charge is -2.38. The molecule has 0 saturated heterocycles. The number of hydrogen-bond acceptors (Lipinski definition) is 2. The van der Waals surface area contributed by atoms with Crippen molar-refractivity contribution in [2.75, 3.05) is 0 Å². The molecule has 0 aromatic rings. The predicted octanol–water partition coefficient (Wildman–Crippen LogP) is 2.93. The standard InChI is InChI=1S/C13H20O2/c1-5-11(14)15-10-8-9-6-7-13(10,4)12(9,2)3/h5,9-10H,1,6-8H2,2-4H3/t9-,10?,13?/m0/s1. The lowest BCUT2D eigenvalue weighted by Crippen LogP contribution is -2.38. The number of carbonyl (C=O) groups is 1. The second-order valence-corrected chi connectivity index (χ2v) is 5.74. The molecule has 2 heteroatoms. The fourth-order valence-corrected chi connectivity index (χ4v) is 3.50. The van der Waals surface area contributed by atoms with Gasteiger partial charge in [0.2, 0.25) is 0 Å². The van der Waals surface area contributed by atoms with Crippen molar-refractivity contribution in [1.29, 1.82) is 0 Å². The highest BCUT2D eigenvalue weighted by atomic mass is 16.5. The van der Waals surface area contributed by atoms with Crippen molar-refractivity contribution < 1.29 is 9.53 Å². The molecule has 2 aliphatic rings. The van der Waals surface area contributed by atoms with Crippen LogP contribution in [0.2, 0.25) is 0 Å². The van der Waals surface area contributed by atoms with Crippen LogP contribution in [0.5, 0.6) is 0 Å². The van der Waals surface area contributed by atoms with E-state index in [0.717, 1.165) is 6.42 Å². The molecular formula is C13H20O2. The van der Waals surface area contributed by atoms with Crippen molar-refractivity contribution >= 4 is 5.97 Å². The van der Waals surface area contributed by atoms with Gasteiger partial charge in [0.1, 0.15) is 6.10 Å². The third-order valence-electron chi connectivity index (χ3n) is 5.14. The Hall–Kier alpha value is -0.790. The average molecular weight is 208 g/mol. The minimum atomic E-state index is -0.274. The molecule has 15 heavy (non-hydrogen) atoms. The van der Waals surface area contributed by atoms with Crippen LogP contribution in [-0.2, 0) is 9.53 Å². The van der Waals surface area contributed by atoms with Gasteiger partial charge < -0.3 is 4.74 Å². The van der Waals surface area contributed by atoms with E-state index in [-0.39, 0.29) is 17.5 Å². The highest BCUT2D eigenvalue weighted by molar-refractivity contribution is 5.81. The second-order valence-electron chi connectivity index (χ2n) is 5.74. The fraction of sp³-hybridized carbons (Fsp3) is 0.769. The maximum Gasteiger partial charge on any atom is 0.330 e. The molecule has 0 heterocycles. The predicted molar refractivity (Wildman–Crippen MR) is 59.3 cm³/mol. The van der Waals surface area contributed by atoms with Crippen LogP contribution in [0.3, 0.4) is 0 Å². The van der Waals surface area contributed by atoms with Crippen LogP contribution < -0.4 is 0 Å². The zero-order valence-electron chi connectivity index (χ0n) is 9.88. The highest BCUT2D eigenvalue weighted by Crippen LogP contribution is 2.66. The third kappa shape index (κ3) is 1.27. The zero-order valence-corrected chi connectivity index (χ0v) is 9.88. The number of esters is 1. The van der Waals surface area contributed by atoms with Gasteiger partial charge in [-0.05, 0) is 30.6 Å². The molecule has 2 saturated carbocycles. The van der Waals surface area contributed by atoms with Gasteiger partial charge in [-0.25, -0.2) is 4.79 Å². The Kier molecular flexibility index (Phi) is 2.21. The average Bonchev–Trinajstić information content (AvgIpc) is 2.50. The molecule has 0 radical (unpaired) electrons. The van der Waals surface area contributed by atoms with Gasteiger partial charge >= 0.3 is 5.97 Å². The molecule has 0 amide bonds. The molecule has 0 aromatic heterocycles. The smallest absolute Gasteiger partial charge is 0.330 e. The van der Waals surface area contributed by atoms with Crippen LogP contribution in [0, 0.1) is 16.7 Å². The van der Waals surface area contributed by atoms with Crippen molar-refractivity contribution in [2.24, 2.45) is 16.7 Å². The summed E-state index contributed by atoms with van der Waals surface area (Å²) >= 11 is 0. The van der Waals surface area contributed by atoms with Crippen LogP contribution in [0.4, 0.5) is 0 Å². The van der Waals surface area contributed by atoms with E-state index in [4.69, 9.17) is 4.74 Å². The highest BCUT2D eigenvalue weighted by Gasteiger charge is 2.62. The third-order valence-corrected chi connectivity index (χ3v) is 5.14. The minimum Gasteiger partial charge on any atom is -0.459 e. The molecule has 2 nitrogen and oxygen atoms in total. The maximum atomic E-state index is 11.3. The molecule has 2 unspecified atom stereocenters. The van der Waals surface area contributed by atoms with E-state index in [1.807, 2.05) is 0 Å². The molecule has 2 bridgehead atoms. The lowest BCUT2D eigenvalue weighted by atomic mass is 9.70. The van der Waals surface area contributed by atoms with Gasteiger partial charge in [-0.3, -0.25) is 0 Å². The Balaban J connectivity index is 2.19. The number of rotatable bonds is 2. The van der Waals surface area contributed by atoms with Crippen LogP contribution in [-0.4, -0.2) is 12.1 Å². The molecule has 3 atom stereocenters. The van der Waals surface area contributed by atoms with Crippen LogP contribution >= 0.6 is 0 Å². The normalized spacial score (nSPS) is 41.5. The summed E-state index contributed by atoms with van der Waals surface area (Å²) in [5.41, 5.74) is 0.468. The monoisotopic (exact) mass is 208 g/mol. The number of hydrogen-bond donors (Lipinski definition) is 0. The summed E-state index contributed by atoms with van der Waals surface area (Å²) in [4.78, 5) is 11.3. The number of carbonyl (C=O) groups excluding carboxylic acids is 1. The number of ether oxygens (including phenoxy) is 1. The van der Waals surface area contributed by atoms with Gasteiger partial charge in [0.05, 0.1) is 0 Å². The molecule has 2 aliphatic carbocycles. The topological polar surface area (TPSA) is 26.3 Å². The van der Waals surface area contributed by atoms with Gasteiger partial charge in [0, 0.05) is 11.5 Å². The molecule has 0 N–H and O–H groups in total. The molecular weight excluding hydrogens is 188 g/mol. The first-order valence-corrected chi connectivity index (χ1v) is 5.75. The van der Waals surface area contributed by atoms with E-state index >= 15 is 0 Å². The molecule has 0 spiro atoms. The first-order chi connectivity index (χ1) is 6.91. The van der Waals surface area contributed by atoms with Gasteiger partial charge in [-0.1, -0.05) is 27.4 Å². The largest absolute Gasteiger partial charge is 0.459 e. The van der Waals surface area contributed by atoms with Gasteiger partial charge in [0.25, 0.3) is 0 Å². The summed E-state index contributed by atoms with van der Waals surface area (Å²) in [6.07, 6.45) is 4.85. The van der Waals surface area contributed by atoms with Gasteiger partial charge in [0.15, 0.2) is 0 Å². The van der Waals surface area contributed by atoms with Crippen molar-refractivity contribution in [3.63, 3.8) is 0 Å². The zero-order chi connectivity index (χ0) is 11.3. The molecule has 0 aliphatic heterocycles. The quantitative estimate of drug-likeness (QED) is 0.515. The summed E-state index contributed by atoms with van der Waals surface area (Å²) in [7, 11) is 0. The Bertz CT molecular complexity index is 306. The maximum absolute atomic E-state index is 11.3. The first-order valence-electron chi connectivity index (χ1n) is 5.75. The van der Waals surface area contributed by atoms with Crippen molar-refractivity contribution in [3.8, 4) is 0 Å². The van der Waals surface area contributed by atoms with Crippen molar-refractivity contribution in [1.82, 2.24) is 0 Å².